The largest absolute Gasteiger partial charge is 0.486 e. The fraction of sp³-hybridized carbons (Fsp3) is 0.571. The van der Waals surface area contributed by atoms with Crippen molar-refractivity contribution in [1.82, 2.24) is 0 Å². The van der Waals surface area contributed by atoms with Gasteiger partial charge in [0.05, 0.1) is 0 Å². The molecule has 0 unspecified atom stereocenters. The third-order valence-corrected chi connectivity index (χ3v) is 3.02. The summed E-state index contributed by atoms with van der Waals surface area (Å²) < 4.78 is 25.3. The van der Waals surface area contributed by atoms with E-state index in [0.717, 1.165) is 5.56 Å². The Hall–Kier alpha value is -1.29. The van der Waals surface area contributed by atoms with Crippen LogP contribution in [0.25, 0.3) is 0 Å². The summed E-state index contributed by atoms with van der Waals surface area (Å²) in [7, 11) is 0. The number of benzene rings is 1. The maximum Gasteiger partial charge on any atom is 0.161 e. The average Bonchev–Trinajstić information content (AvgIpc) is 2.25. The fourth-order valence-electron chi connectivity index (χ4n) is 2.11. The second-order valence-corrected chi connectivity index (χ2v) is 5.74. The Morgan fingerprint density at radius 1 is 1.00 bits per heavy atom. The van der Waals surface area contributed by atoms with Crippen LogP contribution in [0.1, 0.15) is 38.8 Å². The van der Waals surface area contributed by atoms with Gasteiger partial charge in [-0.1, -0.05) is 0 Å². The third-order valence-electron chi connectivity index (χ3n) is 3.02. The highest BCUT2D eigenvalue weighted by Gasteiger charge is 2.31. The summed E-state index contributed by atoms with van der Waals surface area (Å²) in [6.45, 7) is 7.75. The molecule has 4 heteroatoms. The van der Waals surface area contributed by atoms with E-state index in [1.54, 1.807) is 12.1 Å². The molecule has 1 aromatic rings. The van der Waals surface area contributed by atoms with Crippen molar-refractivity contribution in [2.45, 2.75) is 38.9 Å². The standard InChI is InChI=1S/C14H20FNO2/c1-13(2,15)9-7-11-12(18-6-5-17-11)8-10(9)14(3,4)16/h7-8H,5-6,16H2,1-4H3. The molecular formula is C14H20FNO2. The van der Waals surface area contributed by atoms with Crippen LogP contribution in [0, 0.1) is 0 Å². The first-order valence-corrected chi connectivity index (χ1v) is 6.12. The van der Waals surface area contributed by atoms with Gasteiger partial charge in [0.25, 0.3) is 0 Å². The molecule has 2 rings (SSSR count). The maximum atomic E-state index is 14.3. The average molecular weight is 253 g/mol. The van der Waals surface area contributed by atoms with E-state index >= 15 is 0 Å². The number of alkyl halides is 1. The van der Waals surface area contributed by atoms with Crippen LogP contribution < -0.4 is 15.2 Å². The lowest BCUT2D eigenvalue weighted by Crippen LogP contribution is -2.32. The van der Waals surface area contributed by atoms with Crippen molar-refractivity contribution in [3.05, 3.63) is 23.3 Å². The van der Waals surface area contributed by atoms with E-state index in [1.807, 2.05) is 13.8 Å². The van der Waals surface area contributed by atoms with E-state index in [9.17, 15) is 4.39 Å². The number of ether oxygens (including phenoxy) is 2. The Kier molecular flexibility index (Phi) is 3.01. The number of nitrogens with two attached hydrogens (primary N) is 1. The van der Waals surface area contributed by atoms with Gasteiger partial charge in [-0.05, 0) is 51.0 Å². The Morgan fingerprint density at radius 2 is 1.44 bits per heavy atom. The molecule has 100 valence electrons. The molecule has 0 saturated heterocycles. The third kappa shape index (κ3) is 2.43. The highest BCUT2D eigenvalue weighted by atomic mass is 19.1. The van der Waals surface area contributed by atoms with Crippen molar-refractivity contribution in [3.8, 4) is 11.5 Å². The van der Waals surface area contributed by atoms with Crippen LogP contribution in [0.4, 0.5) is 4.39 Å². The molecule has 1 heterocycles. The molecule has 0 spiro atoms. The van der Waals surface area contributed by atoms with Crippen molar-refractivity contribution in [2.75, 3.05) is 13.2 Å². The van der Waals surface area contributed by atoms with Crippen LogP contribution >= 0.6 is 0 Å². The first kappa shape index (κ1) is 13.1. The van der Waals surface area contributed by atoms with Gasteiger partial charge >= 0.3 is 0 Å². The van der Waals surface area contributed by atoms with Gasteiger partial charge in [-0.15, -0.1) is 0 Å². The molecule has 0 radical (unpaired) electrons. The number of fused-ring (bicyclic) bond motifs is 1. The predicted octanol–water partition coefficient (Wildman–Crippen LogP) is 2.86. The number of hydrogen-bond donors (Lipinski definition) is 1. The van der Waals surface area contributed by atoms with Gasteiger partial charge in [-0.3, -0.25) is 0 Å². The maximum absolute atomic E-state index is 14.3. The topological polar surface area (TPSA) is 44.5 Å². The van der Waals surface area contributed by atoms with Crippen molar-refractivity contribution in [3.63, 3.8) is 0 Å². The summed E-state index contributed by atoms with van der Waals surface area (Å²) in [6.07, 6.45) is 0. The van der Waals surface area contributed by atoms with E-state index in [4.69, 9.17) is 15.2 Å². The second-order valence-electron chi connectivity index (χ2n) is 5.74. The molecule has 0 saturated carbocycles. The molecule has 0 aliphatic carbocycles. The van der Waals surface area contributed by atoms with Crippen molar-refractivity contribution in [2.24, 2.45) is 5.73 Å². The first-order chi connectivity index (χ1) is 8.19. The van der Waals surface area contributed by atoms with E-state index in [-0.39, 0.29) is 0 Å². The summed E-state index contributed by atoms with van der Waals surface area (Å²) in [5.74, 6) is 1.23. The molecule has 0 fully saturated rings. The van der Waals surface area contributed by atoms with Crippen LogP contribution in [-0.4, -0.2) is 13.2 Å². The monoisotopic (exact) mass is 253 g/mol. The van der Waals surface area contributed by atoms with Gasteiger partial charge in [-0.25, -0.2) is 4.39 Å². The van der Waals surface area contributed by atoms with Gasteiger partial charge in [0.2, 0.25) is 0 Å². The highest BCUT2D eigenvalue weighted by Crippen LogP contribution is 2.41. The first-order valence-electron chi connectivity index (χ1n) is 6.12. The van der Waals surface area contributed by atoms with Crippen LogP contribution in [0.5, 0.6) is 11.5 Å². The van der Waals surface area contributed by atoms with E-state index in [0.29, 0.717) is 30.3 Å². The summed E-state index contributed by atoms with van der Waals surface area (Å²) in [5.41, 5.74) is 5.33. The lowest BCUT2D eigenvalue weighted by Gasteiger charge is -2.30. The Labute approximate surface area is 107 Å². The zero-order valence-electron chi connectivity index (χ0n) is 11.3. The number of hydrogen-bond acceptors (Lipinski definition) is 3. The highest BCUT2D eigenvalue weighted by molar-refractivity contribution is 5.51. The molecule has 0 amide bonds. The molecule has 1 aliphatic rings. The Bertz CT molecular complexity index is 415. The Morgan fingerprint density at radius 3 is 1.83 bits per heavy atom. The van der Waals surface area contributed by atoms with Crippen LogP contribution in [-0.2, 0) is 11.2 Å². The second kappa shape index (κ2) is 4.12. The Balaban J connectivity index is 2.63. The van der Waals surface area contributed by atoms with Gasteiger partial charge < -0.3 is 15.2 Å². The SMILES string of the molecule is CC(C)(N)c1cc2c(cc1C(C)(C)F)OCCO2. The quantitative estimate of drug-likeness (QED) is 0.881. The van der Waals surface area contributed by atoms with E-state index < -0.39 is 11.2 Å². The van der Waals surface area contributed by atoms with Crippen LogP contribution in [0.15, 0.2) is 12.1 Å². The molecule has 1 aromatic carbocycles. The van der Waals surface area contributed by atoms with Crippen LogP contribution in [0.3, 0.4) is 0 Å². The molecule has 0 aromatic heterocycles. The molecule has 1 aliphatic heterocycles. The van der Waals surface area contributed by atoms with Crippen LogP contribution in [0.2, 0.25) is 0 Å². The summed E-state index contributed by atoms with van der Waals surface area (Å²) in [5, 5.41) is 0. The molecule has 3 nitrogen and oxygen atoms in total. The molecule has 18 heavy (non-hydrogen) atoms. The van der Waals surface area contributed by atoms with E-state index in [2.05, 4.69) is 0 Å². The lowest BCUT2D eigenvalue weighted by molar-refractivity contribution is 0.167. The number of halogens is 1. The summed E-state index contributed by atoms with van der Waals surface area (Å²) in [4.78, 5) is 0. The minimum Gasteiger partial charge on any atom is -0.486 e. The lowest BCUT2D eigenvalue weighted by atomic mass is 9.84. The smallest absolute Gasteiger partial charge is 0.161 e. The molecule has 0 atom stereocenters. The predicted molar refractivity (Wildman–Crippen MR) is 68.8 cm³/mol. The van der Waals surface area contributed by atoms with Crippen molar-refractivity contribution in [1.29, 1.82) is 0 Å². The normalized spacial score (nSPS) is 15.7. The summed E-state index contributed by atoms with van der Waals surface area (Å²) >= 11 is 0. The fourth-order valence-corrected chi connectivity index (χ4v) is 2.11. The van der Waals surface area contributed by atoms with Crippen molar-refractivity contribution < 1.29 is 13.9 Å². The zero-order valence-corrected chi connectivity index (χ0v) is 11.3. The minimum absolute atomic E-state index is 0.491. The van der Waals surface area contributed by atoms with Gasteiger partial charge in [0, 0.05) is 5.54 Å². The summed E-state index contributed by atoms with van der Waals surface area (Å²) in [6, 6.07) is 3.50. The number of rotatable bonds is 2. The molecular weight excluding hydrogens is 233 g/mol. The van der Waals surface area contributed by atoms with E-state index in [1.165, 1.54) is 13.8 Å². The minimum atomic E-state index is -1.47. The zero-order chi connectivity index (χ0) is 13.6. The van der Waals surface area contributed by atoms with Gasteiger partial charge in [-0.2, -0.15) is 0 Å². The molecule has 0 bridgehead atoms. The molecule has 2 N–H and O–H groups in total. The van der Waals surface area contributed by atoms with Gasteiger partial charge in [0.15, 0.2) is 11.5 Å². The van der Waals surface area contributed by atoms with Crippen molar-refractivity contribution >= 4 is 0 Å². The van der Waals surface area contributed by atoms with Gasteiger partial charge in [0.1, 0.15) is 18.9 Å².